The predicted molar refractivity (Wildman–Crippen MR) is 114 cm³/mol. The van der Waals surface area contributed by atoms with Gasteiger partial charge in [-0.15, -0.1) is 0 Å². The van der Waals surface area contributed by atoms with Gasteiger partial charge in [-0.3, -0.25) is 0 Å². The van der Waals surface area contributed by atoms with Crippen LogP contribution in [-0.2, 0) is 0 Å². The van der Waals surface area contributed by atoms with Gasteiger partial charge >= 0.3 is 6.03 Å². The Morgan fingerprint density at radius 3 is 2.36 bits per heavy atom. The molecule has 1 saturated heterocycles. The Bertz CT molecular complexity index is 738. The summed E-state index contributed by atoms with van der Waals surface area (Å²) in [5.74, 6) is 0.857. The number of ether oxygens (including phenoxy) is 1. The minimum Gasteiger partial charge on any atom is -0.494 e. The SMILES string of the molecule is Cc1ccc(OCCCNC(=O)Nc2ccc(N3CCN(C)CC3)cc2)cc1. The van der Waals surface area contributed by atoms with Crippen molar-refractivity contribution in [3.63, 3.8) is 0 Å². The van der Waals surface area contributed by atoms with Crippen molar-refractivity contribution in [1.29, 1.82) is 0 Å². The first kappa shape index (κ1) is 20.0. The van der Waals surface area contributed by atoms with Gasteiger partial charge in [-0.1, -0.05) is 17.7 Å². The molecule has 2 aromatic carbocycles. The second-order valence-corrected chi connectivity index (χ2v) is 7.23. The molecule has 1 heterocycles. The van der Waals surface area contributed by atoms with E-state index in [2.05, 4.69) is 39.6 Å². The number of nitrogens with one attached hydrogen (secondary N) is 2. The first-order valence-corrected chi connectivity index (χ1v) is 9.88. The molecule has 1 fully saturated rings. The van der Waals surface area contributed by atoms with E-state index in [9.17, 15) is 4.79 Å². The van der Waals surface area contributed by atoms with Crippen LogP contribution in [0, 0.1) is 6.92 Å². The van der Waals surface area contributed by atoms with Crippen molar-refractivity contribution in [2.45, 2.75) is 13.3 Å². The third kappa shape index (κ3) is 6.16. The second-order valence-electron chi connectivity index (χ2n) is 7.23. The van der Waals surface area contributed by atoms with Crippen molar-refractivity contribution in [1.82, 2.24) is 10.2 Å². The van der Waals surface area contributed by atoms with Crippen molar-refractivity contribution in [3.05, 3.63) is 54.1 Å². The Balaban J connectivity index is 1.33. The van der Waals surface area contributed by atoms with Crippen LogP contribution >= 0.6 is 0 Å². The summed E-state index contributed by atoms with van der Waals surface area (Å²) in [5.41, 5.74) is 3.21. The number of hydrogen-bond acceptors (Lipinski definition) is 4. The normalized spacial score (nSPS) is 14.6. The third-order valence-corrected chi connectivity index (χ3v) is 4.89. The van der Waals surface area contributed by atoms with E-state index in [-0.39, 0.29) is 6.03 Å². The summed E-state index contributed by atoms with van der Waals surface area (Å²) in [5, 5.41) is 5.74. The number of likely N-dealkylation sites (N-methyl/N-ethyl adjacent to an activating group) is 1. The zero-order valence-electron chi connectivity index (χ0n) is 16.8. The highest BCUT2D eigenvalue weighted by Gasteiger charge is 2.14. The maximum atomic E-state index is 12.0. The molecular weight excluding hydrogens is 352 g/mol. The number of nitrogens with zero attached hydrogens (tertiary/aromatic N) is 2. The van der Waals surface area contributed by atoms with Gasteiger partial charge in [0.15, 0.2) is 0 Å². The molecule has 0 unspecified atom stereocenters. The van der Waals surface area contributed by atoms with E-state index < -0.39 is 0 Å². The van der Waals surface area contributed by atoms with E-state index in [1.165, 1.54) is 11.3 Å². The van der Waals surface area contributed by atoms with Gasteiger partial charge in [0.2, 0.25) is 0 Å². The molecule has 0 saturated carbocycles. The van der Waals surface area contributed by atoms with Gasteiger partial charge in [-0.25, -0.2) is 4.79 Å². The van der Waals surface area contributed by atoms with Gasteiger partial charge in [0, 0.05) is 44.1 Å². The molecule has 0 spiro atoms. The summed E-state index contributed by atoms with van der Waals surface area (Å²) in [6.07, 6.45) is 0.754. The molecule has 0 radical (unpaired) electrons. The molecule has 2 aromatic rings. The van der Waals surface area contributed by atoms with E-state index >= 15 is 0 Å². The summed E-state index contributed by atoms with van der Waals surface area (Å²) >= 11 is 0. The number of piperazine rings is 1. The summed E-state index contributed by atoms with van der Waals surface area (Å²) in [4.78, 5) is 16.7. The highest BCUT2D eigenvalue weighted by molar-refractivity contribution is 5.89. The van der Waals surface area contributed by atoms with Crippen molar-refractivity contribution in [2.75, 3.05) is 56.6 Å². The van der Waals surface area contributed by atoms with Crippen LogP contribution in [0.3, 0.4) is 0 Å². The van der Waals surface area contributed by atoms with E-state index in [0.717, 1.165) is 44.0 Å². The van der Waals surface area contributed by atoms with E-state index in [1.807, 2.05) is 43.3 Å². The van der Waals surface area contributed by atoms with Crippen LogP contribution in [0.15, 0.2) is 48.5 Å². The van der Waals surface area contributed by atoms with Crippen molar-refractivity contribution in [3.8, 4) is 5.75 Å². The predicted octanol–water partition coefficient (Wildman–Crippen LogP) is 3.34. The molecule has 0 bridgehead atoms. The second kappa shape index (κ2) is 9.99. The molecule has 0 atom stereocenters. The maximum absolute atomic E-state index is 12.0. The van der Waals surface area contributed by atoms with Crippen LogP contribution in [0.5, 0.6) is 5.75 Å². The smallest absolute Gasteiger partial charge is 0.319 e. The lowest BCUT2D eigenvalue weighted by molar-refractivity contribution is 0.250. The van der Waals surface area contributed by atoms with Crippen molar-refractivity contribution >= 4 is 17.4 Å². The highest BCUT2D eigenvalue weighted by atomic mass is 16.5. The minimum atomic E-state index is -0.192. The molecule has 3 rings (SSSR count). The first-order valence-electron chi connectivity index (χ1n) is 9.88. The molecule has 0 aromatic heterocycles. The fourth-order valence-electron chi connectivity index (χ4n) is 3.09. The zero-order valence-corrected chi connectivity index (χ0v) is 16.8. The molecule has 1 aliphatic rings. The zero-order chi connectivity index (χ0) is 19.8. The molecule has 2 amide bonds. The molecule has 6 heteroatoms. The van der Waals surface area contributed by atoms with Crippen LogP contribution in [0.1, 0.15) is 12.0 Å². The van der Waals surface area contributed by atoms with Crippen LogP contribution in [0.4, 0.5) is 16.2 Å². The average molecular weight is 383 g/mol. The monoisotopic (exact) mass is 382 g/mol. The number of amides is 2. The van der Waals surface area contributed by atoms with Crippen molar-refractivity contribution in [2.24, 2.45) is 0 Å². The quantitative estimate of drug-likeness (QED) is 0.721. The van der Waals surface area contributed by atoms with E-state index in [0.29, 0.717) is 13.2 Å². The standard InChI is InChI=1S/C22H30N4O2/c1-18-4-10-21(11-5-18)28-17-3-12-23-22(27)24-19-6-8-20(9-7-19)26-15-13-25(2)14-16-26/h4-11H,3,12-17H2,1-2H3,(H2,23,24,27). The Hall–Kier alpha value is -2.73. The minimum absolute atomic E-state index is 0.192. The number of benzene rings is 2. The lowest BCUT2D eigenvalue weighted by Gasteiger charge is -2.34. The summed E-state index contributed by atoms with van der Waals surface area (Å²) in [6, 6.07) is 15.8. The van der Waals surface area contributed by atoms with Crippen LogP contribution < -0.4 is 20.3 Å². The Morgan fingerprint density at radius 1 is 1.00 bits per heavy atom. The highest BCUT2D eigenvalue weighted by Crippen LogP contribution is 2.19. The Kier molecular flexibility index (Phi) is 7.14. The number of aryl methyl sites for hydroxylation is 1. The fraction of sp³-hybridized carbons (Fsp3) is 0.409. The largest absolute Gasteiger partial charge is 0.494 e. The molecule has 150 valence electrons. The van der Waals surface area contributed by atoms with Crippen LogP contribution in [0.25, 0.3) is 0 Å². The lowest BCUT2D eigenvalue weighted by atomic mass is 10.2. The number of hydrogen-bond donors (Lipinski definition) is 2. The number of rotatable bonds is 7. The summed E-state index contributed by atoms with van der Waals surface area (Å²) in [7, 11) is 2.15. The molecule has 2 N–H and O–H groups in total. The molecular formula is C22H30N4O2. The molecule has 1 aliphatic heterocycles. The Morgan fingerprint density at radius 2 is 1.68 bits per heavy atom. The number of carbonyl (C=O) groups is 1. The van der Waals surface area contributed by atoms with Gasteiger partial charge in [-0.05, 0) is 56.8 Å². The van der Waals surface area contributed by atoms with Gasteiger partial charge in [0.05, 0.1) is 6.61 Å². The number of carbonyl (C=O) groups excluding carboxylic acids is 1. The maximum Gasteiger partial charge on any atom is 0.319 e. The van der Waals surface area contributed by atoms with Gasteiger partial charge in [-0.2, -0.15) is 0 Å². The first-order chi connectivity index (χ1) is 13.6. The Labute approximate surface area is 167 Å². The van der Waals surface area contributed by atoms with Crippen LogP contribution in [0.2, 0.25) is 0 Å². The topological polar surface area (TPSA) is 56.8 Å². The third-order valence-electron chi connectivity index (χ3n) is 4.89. The average Bonchev–Trinajstić information content (AvgIpc) is 2.70. The van der Waals surface area contributed by atoms with Crippen molar-refractivity contribution < 1.29 is 9.53 Å². The molecule has 6 nitrogen and oxygen atoms in total. The molecule has 28 heavy (non-hydrogen) atoms. The van der Waals surface area contributed by atoms with Crippen LogP contribution in [-0.4, -0.2) is 57.3 Å². The lowest BCUT2D eigenvalue weighted by Crippen LogP contribution is -2.44. The summed E-state index contributed by atoms with van der Waals surface area (Å²) in [6.45, 7) is 7.42. The van der Waals surface area contributed by atoms with Gasteiger partial charge in [0.25, 0.3) is 0 Å². The molecule has 0 aliphatic carbocycles. The van der Waals surface area contributed by atoms with E-state index in [1.54, 1.807) is 0 Å². The fourth-order valence-corrected chi connectivity index (χ4v) is 3.09. The number of anilines is 2. The van der Waals surface area contributed by atoms with Gasteiger partial charge < -0.3 is 25.2 Å². The van der Waals surface area contributed by atoms with Gasteiger partial charge in [0.1, 0.15) is 5.75 Å². The van der Waals surface area contributed by atoms with E-state index in [4.69, 9.17) is 4.74 Å². The number of urea groups is 1. The summed E-state index contributed by atoms with van der Waals surface area (Å²) < 4.78 is 5.66.